The predicted molar refractivity (Wildman–Crippen MR) is 59.1 cm³/mol. The lowest BCUT2D eigenvalue weighted by Crippen LogP contribution is -2.16. The molecule has 0 unspecified atom stereocenters. The van der Waals surface area contributed by atoms with Crippen molar-refractivity contribution in [2.24, 2.45) is 0 Å². The Labute approximate surface area is 104 Å². The van der Waals surface area contributed by atoms with Gasteiger partial charge in [0.05, 0.1) is 0 Å². The molecule has 0 spiro atoms. The predicted octanol–water partition coefficient (Wildman–Crippen LogP) is 3.08. The van der Waals surface area contributed by atoms with Crippen LogP contribution in [0.4, 0.5) is 17.6 Å². The van der Waals surface area contributed by atoms with Crippen molar-refractivity contribution in [3.8, 4) is 16.9 Å². The van der Waals surface area contributed by atoms with E-state index in [1.165, 1.54) is 18.2 Å². The summed E-state index contributed by atoms with van der Waals surface area (Å²) < 4.78 is 53.0. The number of halogens is 4. The molecule has 0 saturated carbocycles. The Bertz CT molecular complexity index is 631. The molecule has 1 aromatic carbocycles. The Kier molecular flexibility index (Phi) is 3.28. The van der Waals surface area contributed by atoms with Crippen molar-refractivity contribution < 1.29 is 22.3 Å². The van der Waals surface area contributed by atoms with Gasteiger partial charge in [-0.15, -0.1) is 13.2 Å². The van der Waals surface area contributed by atoms with Crippen LogP contribution in [0.5, 0.6) is 5.75 Å². The second-order valence-corrected chi connectivity index (χ2v) is 3.62. The number of ether oxygens (including phenoxy) is 1. The zero-order chi connectivity index (χ0) is 14.0. The number of H-pyrrole nitrogens is 1. The van der Waals surface area contributed by atoms with Crippen LogP contribution in [-0.4, -0.2) is 11.3 Å². The molecular weight excluding hydrogens is 266 g/mol. The fraction of sp³-hybridized carbons (Fsp3) is 0.0833. The Morgan fingerprint density at radius 3 is 2.16 bits per heavy atom. The number of benzene rings is 1. The highest BCUT2D eigenvalue weighted by molar-refractivity contribution is 5.63. The number of rotatable bonds is 2. The largest absolute Gasteiger partial charge is 0.573 e. The van der Waals surface area contributed by atoms with Crippen molar-refractivity contribution in [1.29, 1.82) is 0 Å². The van der Waals surface area contributed by atoms with Gasteiger partial charge >= 0.3 is 6.36 Å². The molecule has 1 aromatic heterocycles. The Morgan fingerprint density at radius 2 is 1.63 bits per heavy atom. The number of pyridine rings is 1. The lowest BCUT2D eigenvalue weighted by molar-refractivity contribution is -0.274. The van der Waals surface area contributed by atoms with Crippen LogP contribution in [0.2, 0.25) is 0 Å². The quantitative estimate of drug-likeness (QED) is 0.675. The molecule has 0 saturated heterocycles. The minimum absolute atomic E-state index is 0.0816. The SMILES string of the molecule is O=c1ccc(-c2ccc(OC(F)(F)F)cc2)c(F)[nH]1. The van der Waals surface area contributed by atoms with Crippen LogP contribution in [0.15, 0.2) is 41.2 Å². The molecule has 0 amide bonds. The van der Waals surface area contributed by atoms with E-state index in [1.54, 1.807) is 0 Å². The number of hydrogen-bond acceptors (Lipinski definition) is 2. The highest BCUT2D eigenvalue weighted by Gasteiger charge is 2.30. The summed E-state index contributed by atoms with van der Waals surface area (Å²) in [5.41, 5.74) is -0.195. The molecule has 0 fully saturated rings. The van der Waals surface area contributed by atoms with E-state index in [9.17, 15) is 22.4 Å². The van der Waals surface area contributed by atoms with Crippen molar-refractivity contribution in [3.05, 3.63) is 52.7 Å². The highest BCUT2D eigenvalue weighted by atomic mass is 19.4. The van der Waals surface area contributed by atoms with Gasteiger partial charge in [0.2, 0.25) is 11.5 Å². The summed E-state index contributed by atoms with van der Waals surface area (Å²) in [5.74, 6) is -1.25. The van der Waals surface area contributed by atoms with Crippen molar-refractivity contribution in [3.63, 3.8) is 0 Å². The van der Waals surface area contributed by atoms with E-state index in [4.69, 9.17) is 0 Å². The summed E-state index contributed by atoms with van der Waals surface area (Å²) in [5, 5.41) is 0. The molecule has 7 heteroatoms. The Morgan fingerprint density at radius 1 is 1.00 bits per heavy atom. The summed E-state index contributed by atoms with van der Waals surface area (Å²) in [4.78, 5) is 12.8. The molecule has 100 valence electrons. The summed E-state index contributed by atoms with van der Waals surface area (Å²) in [6.07, 6.45) is -4.77. The minimum atomic E-state index is -4.77. The molecular formula is C12H7F4NO2. The van der Waals surface area contributed by atoms with Gasteiger partial charge in [-0.25, -0.2) is 0 Å². The normalized spacial score (nSPS) is 11.4. The van der Waals surface area contributed by atoms with Crippen LogP contribution in [0.3, 0.4) is 0 Å². The monoisotopic (exact) mass is 273 g/mol. The van der Waals surface area contributed by atoms with Gasteiger partial charge in [-0.3, -0.25) is 9.78 Å². The number of nitrogens with one attached hydrogen (secondary N) is 1. The number of aromatic amines is 1. The van der Waals surface area contributed by atoms with Crippen LogP contribution in [-0.2, 0) is 0 Å². The lowest BCUT2D eigenvalue weighted by atomic mass is 10.1. The number of hydrogen-bond donors (Lipinski definition) is 1. The minimum Gasteiger partial charge on any atom is -0.406 e. The fourth-order valence-corrected chi connectivity index (χ4v) is 1.51. The molecule has 0 atom stereocenters. The Hall–Kier alpha value is -2.31. The van der Waals surface area contributed by atoms with E-state index < -0.39 is 23.6 Å². The first kappa shape index (κ1) is 13.1. The third-order valence-corrected chi connectivity index (χ3v) is 2.27. The van der Waals surface area contributed by atoms with Crippen molar-refractivity contribution in [1.82, 2.24) is 4.98 Å². The maximum absolute atomic E-state index is 13.4. The van der Waals surface area contributed by atoms with Gasteiger partial charge in [-0.05, 0) is 23.8 Å². The van der Waals surface area contributed by atoms with Gasteiger partial charge in [0.1, 0.15) is 5.75 Å². The van der Waals surface area contributed by atoms with Gasteiger partial charge in [0.15, 0.2) is 0 Å². The molecule has 0 radical (unpaired) electrons. The standard InChI is InChI=1S/C12H7F4NO2/c13-11-9(5-6-10(18)17-11)7-1-3-8(4-2-7)19-12(14,15)16/h1-6H,(H,17,18). The second-order valence-electron chi connectivity index (χ2n) is 3.62. The van der Waals surface area contributed by atoms with E-state index in [0.29, 0.717) is 5.56 Å². The van der Waals surface area contributed by atoms with Gasteiger partial charge in [-0.2, -0.15) is 4.39 Å². The van der Waals surface area contributed by atoms with Gasteiger partial charge in [-0.1, -0.05) is 12.1 Å². The average molecular weight is 273 g/mol. The molecule has 0 aliphatic rings. The average Bonchev–Trinajstić information content (AvgIpc) is 2.28. The number of alkyl halides is 3. The van der Waals surface area contributed by atoms with E-state index in [-0.39, 0.29) is 5.56 Å². The molecule has 2 aromatic rings. The van der Waals surface area contributed by atoms with Gasteiger partial charge in [0.25, 0.3) is 0 Å². The van der Waals surface area contributed by atoms with Crippen LogP contribution >= 0.6 is 0 Å². The lowest BCUT2D eigenvalue weighted by Gasteiger charge is -2.09. The number of aromatic nitrogens is 1. The van der Waals surface area contributed by atoms with E-state index in [2.05, 4.69) is 4.74 Å². The summed E-state index contributed by atoms with van der Waals surface area (Å²) >= 11 is 0. The summed E-state index contributed by atoms with van der Waals surface area (Å²) in [6, 6.07) is 7.02. The Balaban J connectivity index is 2.30. The van der Waals surface area contributed by atoms with Crippen LogP contribution in [0, 0.1) is 5.95 Å². The van der Waals surface area contributed by atoms with Crippen molar-refractivity contribution >= 4 is 0 Å². The smallest absolute Gasteiger partial charge is 0.406 e. The molecule has 19 heavy (non-hydrogen) atoms. The van der Waals surface area contributed by atoms with Gasteiger partial charge < -0.3 is 4.74 Å². The summed E-state index contributed by atoms with van der Waals surface area (Å²) in [6.45, 7) is 0. The zero-order valence-corrected chi connectivity index (χ0v) is 9.29. The van der Waals surface area contributed by atoms with Crippen LogP contribution in [0.25, 0.3) is 11.1 Å². The molecule has 0 aliphatic carbocycles. The molecule has 1 heterocycles. The van der Waals surface area contributed by atoms with Crippen LogP contribution < -0.4 is 10.3 Å². The van der Waals surface area contributed by atoms with E-state index in [1.807, 2.05) is 4.98 Å². The molecule has 1 N–H and O–H groups in total. The summed E-state index contributed by atoms with van der Waals surface area (Å²) in [7, 11) is 0. The van der Waals surface area contributed by atoms with Crippen molar-refractivity contribution in [2.75, 3.05) is 0 Å². The van der Waals surface area contributed by atoms with Crippen LogP contribution in [0.1, 0.15) is 0 Å². The first-order chi connectivity index (χ1) is 8.85. The molecule has 0 aliphatic heterocycles. The molecule has 3 nitrogen and oxygen atoms in total. The third kappa shape index (κ3) is 3.34. The zero-order valence-electron chi connectivity index (χ0n) is 9.29. The fourth-order valence-electron chi connectivity index (χ4n) is 1.51. The molecule has 2 rings (SSSR count). The first-order valence-electron chi connectivity index (χ1n) is 5.10. The third-order valence-electron chi connectivity index (χ3n) is 2.27. The van der Waals surface area contributed by atoms with Crippen molar-refractivity contribution in [2.45, 2.75) is 6.36 Å². The molecule has 0 bridgehead atoms. The maximum Gasteiger partial charge on any atom is 0.573 e. The topological polar surface area (TPSA) is 42.1 Å². The first-order valence-corrected chi connectivity index (χ1v) is 5.10. The maximum atomic E-state index is 13.4. The highest BCUT2D eigenvalue weighted by Crippen LogP contribution is 2.26. The van der Waals surface area contributed by atoms with E-state index >= 15 is 0 Å². The second kappa shape index (κ2) is 4.75. The van der Waals surface area contributed by atoms with Gasteiger partial charge in [0, 0.05) is 11.6 Å². The van der Waals surface area contributed by atoms with E-state index in [0.717, 1.165) is 18.2 Å².